The van der Waals surface area contributed by atoms with Gasteiger partial charge in [-0.15, -0.1) is 10.2 Å². The van der Waals surface area contributed by atoms with E-state index in [0.717, 1.165) is 37.9 Å². The molecule has 1 amide bonds. The van der Waals surface area contributed by atoms with Crippen LogP contribution in [0.25, 0.3) is 16.9 Å². The van der Waals surface area contributed by atoms with Crippen LogP contribution in [-0.2, 0) is 9.47 Å². The van der Waals surface area contributed by atoms with Crippen LogP contribution in [0.15, 0.2) is 36.8 Å². The van der Waals surface area contributed by atoms with E-state index in [1.165, 1.54) is 13.2 Å². The van der Waals surface area contributed by atoms with Crippen LogP contribution in [0.5, 0.6) is 5.75 Å². The van der Waals surface area contributed by atoms with Crippen LogP contribution in [0.1, 0.15) is 52.1 Å². The number of benzene rings is 1. The van der Waals surface area contributed by atoms with Gasteiger partial charge in [0.05, 0.1) is 29.4 Å². The van der Waals surface area contributed by atoms with Gasteiger partial charge in [0.15, 0.2) is 12.6 Å². The summed E-state index contributed by atoms with van der Waals surface area (Å²) in [4.78, 5) is 21.3. The van der Waals surface area contributed by atoms with Gasteiger partial charge in [-0.2, -0.15) is 0 Å². The Morgan fingerprint density at radius 2 is 1.95 bits per heavy atom. The summed E-state index contributed by atoms with van der Waals surface area (Å²) in [6, 6.07) is 6.95. The minimum absolute atomic E-state index is 0.00313. The second kappa shape index (κ2) is 11.4. The van der Waals surface area contributed by atoms with E-state index in [0.29, 0.717) is 35.1 Å². The first-order valence-corrected chi connectivity index (χ1v) is 13.7. The molecule has 0 N–H and O–H groups in total. The third-order valence-electron chi connectivity index (χ3n) is 7.25. The molecule has 3 aromatic rings. The van der Waals surface area contributed by atoms with E-state index in [-0.39, 0.29) is 25.0 Å². The quantitative estimate of drug-likeness (QED) is 0.355. The fourth-order valence-corrected chi connectivity index (χ4v) is 5.13. The molecule has 1 saturated carbocycles. The predicted molar refractivity (Wildman–Crippen MR) is 148 cm³/mol. The lowest BCUT2D eigenvalue weighted by molar-refractivity contribution is -0.00351. The smallest absolute Gasteiger partial charge is 0.410 e. The zero-order valence-corrected chi connectivity index (χ0v) is 23.8. The SMILES string of the molecule is COCOc1cc(-n2cnc(C)c2)c(F)cc1-c1ccc(N2CC[C@H](N(C(=O)OC(C)(C)C)C3CCC3)C2)nn1. The number of imidazole rings is 1. The molecule has 1 saturated heterocycles. The number of anilines is 1. The summed E-state index contributed by atoms with van der Waals surface area (Å²) in [5, 5.41) is 8.89. The third-order valence-corrected chi connectivity index (χ3v) is 7.25. The van der Waals surface area contributed by atoms with E-state index >= 15 is 4.39 Å². The number of methoxy groups -OCH3 is 1. The van der Waals surface area contributed by atoms with Crippen molar-refractivity contribution in [3.8, 4) is 22.7 Å². The number of aromatic nitrogens is 4. The first kappa shape index (κ1) is 27.8. The number of hydrogen-bond acceptors (Lipinski definition) is 8. The van der Waals surface area contributed by atoms with Crippen LogP contribution in [0.3, 0.4) is 0 Å². The zero-order chi connectivity index (χ0) is 28.4. The Kier molecular flexibility index (Phi) is 7.93. The van der Waals surface area contributed by atoms with Gasteiger partial charge in [-0.05, 0) is 71.6 Å². The Bertz CT molecular complexity index is 1340. The number of ether oxygens (including phenoxy) is 3. The summed E-state index contributed by atoms with van der Waals surface area (Å²) < 4.78 is 33.4. The highest BCUT2D eigenvalue weighted by atomic mass is 19.1. The van der Waals surface area contributed by atoms with Crippen LogP contribution >= 0.6 is 0 Å². The van der Waals surface area contributed by atoms with E-state index in [4.69, 9.17) is 14.2 Å². The van der Waals surface area contributed by atoms with Crippen LogP contribution in [-0.4, -0.2) is 75.4 Å². The summed E-state index contributed by atoms with van der Waals surface area (Å²) in [5.74, 6) is 0.680. The Labute approximate surface area is 234 Å². The molecule has 1 atom stereocenters. The maximum Gasteiger partial charge on any atom is 0.410 e. The standard InChI is InChI=1S/C29H37FN6O4/c1-19-15-35(17-31-19)25-14-26(39-18-38-5)22(13-23(25)30)24-9-10-27(33-32-24)34-12-11-21(16-34)36(20-7-6-8-20)28(37)40-29(2,3)4/h9-10,13-15,17,20-21H,6-8,11-12,16,18H2,1-5H3/t21-/m0/s1. The number of aryl methyl sites for hydroxylation is 1. The van der Waals surface area contributed by atoms with Crippen LogP contribution in [0.2, 0.25) is 0 Å². The molecule has 2 aliphatic rings. The summed E-state index contributed by atoms with van der Waals surface area (Å²) in [5.41, 5.74) is 1.48. The number of nitrogens with zero attached hydrogens (tertiary/aromatic N) is 6. The van der Waals surface area contributed by atoms with Crippen molar-refractivity contribution < 1.29 is 23.4 Å². The molecule has 1 aromatic carbocycles. The van der Waals surface area contributed by atoms with Crippen LogP contribution in [0.4, 0.5) is 15.0 Å². The minimum atomic E-state index is -0.542. The van der Waals surface area contributed by atoms with Crippen molar-refractivity contribution in [3.63, 3.8) is 0 Å². The molecule has 214 valence electrons. The average Bonchev–Trinajstić information content (AvgIpc) is 3.53. The molecule has 0 radical (unpaired) electrons. The summed E-state index contributed by atoms with van der Waals surface area (Å²) >= 11 is 0. The summed E-state index contributed by atoms with van der Waals surface area (Å²) in [6.45, 7) is 8.92. The molecule has 2 aromatic heterocycles. The van der Waals surface area contributed by atoms with Gasteiger partial charge in [-0.3, -0.25) is 0 Å². The summed E-state index contributed by atoms with van der Waals surface area (Å²) in [6.07, 6.45) is 7.03. The largest absolute Gasteiger partial charge is 0.467 e. The molecule has 2 fully saturated rings. The Morgan fingerprint density at radius 3 is 2.55 bits per heavy atom. The fraction of sp³-hybridized carbons (Fsp3) is 0.517. The lowest BCUT2D eigenvalue weighted by atomic mass is 9.90. The number of carbonyl (C=O) groups excluding carboxylic acids is 1. The van der Waals surface area contributed by atoms with Crippen molar-refractivity contribution >= 4 is 11.9 Å². The second-order valence-electron chi connectivity index (χ2n) is 11.4. The lowest BCUT2D eigenvalue weighted by Gasteiger charge is -2.41. The number of carbonyl (C=O) groups is 1. The highest BCUT2D eigenvalue weighted by Gasteiger charge is 2.40. The zero-order valence-electron chi connectivity index (χ0n) is 23.8. The third kappa shape index (κ3) is 6.04. The van der Waals surface area contributed by atoms with Crippen molar-refractivity contribution in [1.82, 2.24) is 24.6 Å². The van der Waals surface area contributed by atoms with Crippen molar-refractivity contribution in [3.05, 3.63) is 48.3 Å². The van der Waals surface area contributed by atoms with Gasteiger partial charge in [0.2, 0.25) is 0 Å². The Morgan fingerprint density at radius 1 is 1.15 bits per heavy atom. The molecular weight excluding hydrogens is 515 g/mol. The molecule has 5 rings (SSSR count). The van der Waals surface area contributed by atoms with Crippen molar-refractivity contribution in [1.29, 1.82) is 0 Å². The van der Waals surface area contributed by atoms with E-state index in [1.807, 2.05) is 44.7 Å². The molecular formula is C29H37FN6O4. The molecule has 11 heteroatoms. The molecule has 0 bridgehead atoms. The Hall–Kier alpha value is -3.73. The highest BCUT2D eigenvalue weighted by Crippen LogP contribution is 2.35. The van der Waals surface area contributed by atoms with Crippen molar-refractivity contribution in [2.75, 3.05) is 31.9 Å². The van der Waals surface area contributed by atoms with Gasteiger partial charge in [-0.25, -0.2) is 14.2 Å². The molecule has 0 unspecified atom stereocenters. The second-order valence-corrected chi connectivity index (χ2v) is 11.4. The minimum Gasteiger partial charge on any atom is -0.467 e. The molecule has 40 heavy (non-hydrogen) atoms. The number of amides is 1. The molecule has 1 aliphatic heterocycles. The molecule has 3 heterocycles. The van der Waals surface area contributed by atoms with E-state index in [9.17, 15) is 4.79 Å². The topological polar surface area (TPSA) is 94.8 Å². The van der Waals surface area contributed by atoms with Crippen molar-refractivity contribution in [2.24, 2.45) is 0 Å². The number of hydrogen-bond donors (Lipinski definition) is 0. The first-order valence-electron chi connectivity index (χ1n) is 13.7. The number of rotatable bonds is 8. The predicted octanol–water partition coefficient (Wildman–Crippen LogP) is 5.13. The van der Waals surface area contributed by atoms with E-state index in [1.54, 1.807) is 23.2 Å². The maximum atomic E-state index is 15.2. The first-order chi connectivity index (χ1) is 19.1. The van der Waals surface area contributed by atoms with E-state index in [2.05, 4.69) is 20.1 Å². The van der Waals surface area contributed by atoms with E-state index < -0.39 is 11.4 Å². The summed E-state index contributed by atoms with van der Waals surface area (Å²) in [7, 11) is 1.52. The Balaban J connectivity index is 1.35. The van der Waals surface area contributed by atoms with Gasteiger partial charge in [0.25, 0.3) is 0 Å². The molecule has 10 nitrogen and oxygen atoms in total. The van der Waals surface area contributed by atoms with Gasteiger partial charge in [0.1, 0.15) is 17.2 Å². The monoisotopic (exact) mass is 552 g/mol. The maximum absolute atomic E-state index is 15.2. The van der Waals surface area contributed by atoms with Crippen LogP contribution in [0, 0.1) is 12.7 Å². The molecule has 1 aliphatic carbocycles. The lowest BCUT2D eigenvalue weighted by Crippen LogP contribution is -2.52. The highest BCUT2D eigenvalue weighted by molar-refractivity contribution is 5.71. The average molecular weight is 553 g/mol. The van der Waals surface area contributed by atoms with Gasteiger partial charge < -0.3 is 28.6 Å². The van der Waals surface area contributed by atoms with Crippen molar-refractivity contribution in [2.45, 2.75) is 71.1 Å². The van der Waals surface area contributed by atoms with Gasteiger partial charge in [-0.1, -0.05) is 0 Å². The normalized spacial score (nSPS) is 17.6. The molecule has 0 spiro atoms. The van der Waals surface area contributed by atoms with Gasteiger partial charge in [0, 0.05) is 44.1 Å². The number of halogens is 1. The van der Waals surface area contributed by atoms with Crippen LogP contribution < -0.4 is 9.64 Å². The fourth-order valence-electron chi connectivity index (χ4n) is 5.13. The van der Waals surface area contributed by atoms with Gasteiger partial charge >= 0.3 is 6.09 Å².